The van der Waals surface area contributed by atoms with E-state index < -0.39 is 6.10 Å². The molecule has 1 heterocycles. The molecule has 122 valence electrons. The van der Waals surface area contributed by atoms with Crippen LogP contribution in [0.15, 0.2) is 15.9 Å². The van der Waals surface area contributed by atoms with Gasteiger partial charge in [0.1, 0.15) is 0 Å². The highest BCUT2D eigenvalue weighted by atomic mass is 79.9. The molecule has 0 saturated carbocycles. The van der Waals surface area contributed by atoms with Crippen molar-refractivity contribution in [3.05, 3.63) is 20.8 Å². The van der Waals surface area contributed by atoms with Crippen LogP contribution in [0.5, 0.6) is 0 Å². The minimum absolute atomic E-state index is 0.420. The van der Waals surface area contributed by atoms with Crippen LogP contribution in [-0.2, 0) is 11.3 Å². The molecule has 1 rings (SSSR count). The van der Waals surface area contributed by atoms with Crippen LogP contribution in [0.3, 0.4) is 0 Å². The Labute approximate surface area is 141 Å². The molecule has 5 heteroatoms. The van der Waals surface area contributed by atoms with Gasteiger partial charge in [-0.05, 0) is 40.4 Å². The fourth-order valence-corrected chi connectivity index (χ4v) is 3.59. The standard InChI is InChI=1S/C16H28BrNO2S/c1-3-5-6-13(4-2)11-20-12-14(19)9-18-10-15-7-8-16(17)21-15/h7-8,13-14,18-19H,3-6,9-12H2,1-2H3. The highest BCUT2D eigenvalue weighted by molar-refractivity contribution is 9.11. The summed E-state index contributed by atoms with van der Waals surface area (Å²) in [4.78, 5) is 1.26. The summed E-state index contributed by atoms with van der Waals surface area (Å²) >= 11 is 5.16. The van der Waals surface area contributed by atoms with Crippen LogP contribution in [0.2, 0.25) is 0 Å². The molecule has 0 radical (unpaired) electrons. The van der Waals surface area contributed by atoms with E-state index in [1.165, 1.54) is 24.1 Å². The van der Waals surface area contributed by atoms with Gasteiger partial charge in [0, 0.05) is 24.6 Å². The molecule has 0 aliphatic rings. The van der Waals surface area contributed by atoms with Gasteiger partial charge in [-0.1, -0.05) is 33.1 Å². The van der Waals surface area contributed by atoms with Crippen molar-refractivity contribution < 1.29 is 9.84 Å². The van der Waals surface area contributed by atoms with E-state index in [0.29, 0.717) is 19.1 Å². The van der Waals surface area contributed by atoms with Crippen LogP contribution in [0.25, 0.3) is 0 Å². The second-order valence-corrected chi connectivity index (χ2v) is 7.99. The summed E-state index contributed by atoms with van der Waals surface area (Å²) in [5.41, 5.74) is 0. The molecule has 0 fully saturated rings. The van der Waals surface area contributed by atoms with E-state index in [0.717, 1.165) is 23.4 Å². The van der Waals surface area contributed by atoms with Crippen LogP contribution in [0.1, 0.15) is 44.4 Å². The third kappa shape index (κ3) is 8.94. The molecule has 0 amide bonds. The van der Waals surface area contributed by atoms with Crippen molar-refractivity contribution in [1.82, 2.24) is 5.32 Å². The zero-order valence-corrected chi connectivity index (χ0v) is 15.5. The molecule has 0 aromatic carbocycles. The maximum Gasteiger partial charge on any atom is 0.0897 e. The second kappa shape index (κ2) is 11.6. The first kappa shape index (κ1) is 19.1. The van der Waals surface area contributed by atoms with Crippen molar-refractivity contribution >= 4 is 27.3 Å². The molecule has 1 aromatic heterocycles. The summed E-state index contributed by atoms with van der Waals surface area (Å²) in [6, 6.07) is 4.13. The Hall–Kier alpha value is 0.0600. The average molecular weight is 378 g/mol. The lowest BCUT2D eigenvalue weighted by Crippen LogP contribution is -2.30. The summed E-state index contributed by atoms with van der Waals surface area (Å²) in [5.74, 6) is 0.633. The number of thiophene rings is 1. The smallest absolute Gasteiger partial charge is 0.0897 e. The third-order valence-electron chi connectivity index (χ3n) is 3.52. The van der Waals surface area contributed by atoms with Gasteiger partial charge in [-0.2, -0.15) is 0 Å². The van der Waals surface area contributed by atoms with Gasteiger partial charge in [0.05, 0.1) is 16.5 Å². The number of hydrogen-bond acceptors (Lipinski definition) is 4. The van der Waals surface area contributed by atoms with Gasteiger partial charge in [0.15, 0.2) is 0 Å². The van der Waals surface area contributed by atoms with Crippen molar-refractivity contribution in [2.24, 2.45) is 5.92 Å². The molecule has 0 aliphatic carbocycles. The van der Waals surface area contributed by atoms with Crippen molar-refractivity contribution in [1.29, 1.82) is 0 Å². The molecule has 0 bridgehead atoms. The van der Waals surface area contributed by atoms with Crippen molar-refractivity contribution in [2.75, 3.05) is 19.8 Å². The van der Waals surface area contributed by atoms with Gasteiger partial charge in [0.25, 0.3) is 0 Å². The molecule has 3 nitrogen and oxygen atoms in total. The monoisotopic (exact) mass is 377 g/mol. The highest BCUT2D eigenvalue weighted by Crippen LogP contribution is 2.21. The van der Waals surface area contributed by atoms with E-state index in [2.05, 4.69) is 41.2 Å². The average Bonchev–Trinajstić information content (AvgIpc) is 2.88. The quantitative estimate of drug-likeness (QED) is 0.573. The number of hydrogen-bond donors (Lipinski definition) is 2. The van der Waals surface area contributed by atoms with E-state index in [1.807, 2.05) is 6.07 Å². The minimum atomic E-state index is -0.433. The Morgan fingerprint density at radius 2 is 2.14 bits per heavy atom. The first-order chi connectivity index (χ1) is 10.2. The molecule has 2 unspecified atom stereocenters. The summed E-state index contributed by atoms with van der Waals surface area (Å²) in [7, 11) is 0. The predicted molar refractivity (Wildman–Crippen MR) is 93.9 cm³/mol. The van der Waals surface area contributed by atoms with Crippen LogP contribution in [0, 0.1) is 5.92 Å². The van der Waals surface area contributed by atoms with Crippen LogP contribution in [-0.4, -0.2) is 31.0 Å². The van der Waals surface area contributed by atoms with Crippen molar-refractivity contribution in [3.8, 4) is 0 Å². The first-order valence-electron chi connectivity index (χ1n) is 7.86. The maximum atomic E-state index is 9.90. The zero-order valence-electron chi connectivity index (χ0n) is 13.1. The fraction of sp³-hybridized carbons (Fsp3) is 0.750. The lowest BCUT2D eigenvalue weighted by Gasteiger charge is -2.17. The van der Waals surface area contributed by atoms with E-state index in [1.54, 1.807) is 11.3 Å². The van der Waals surface area contributed by atoms with Gasteiger partial charge in [-0.15, -0.1) is 11.3 Å². The number of aliphatic hydroxyl groups excluding tert-OH is 1. The van der Waals surface area contributed by atoms with E-state index >= 15 is 0 Å². The SMILES string of the molecule is CCCCC(CC)COCC(O)CNCc1ccc(Br)s1. The molecule has 2 N–H and O–H groups in total. The predicted octanol–water partition coefficient (Wildman–Crippen LogP) is 4.19. The van der Waals surface area contributed by atoms with Crippen molar-refractivity contribution in [2.45, 2.75) is 52.2 Å². The Kier molecular flexibility index (Phi) is 10.6. The van der Waals surface area contributed by atoms with Crippen molar-refractivity contribution in [3.63, 3.8) is 0 Å². The molecule has 21 heavy (non-hydrogen) atoms. The summed E-state index contributed by atoms with van der Waals surface area (Å²) in [5, 5.41) is 13.2. The Bertz CT molecular complexity index is 373. The summed E-state index contributed by atoms with van der Waals surface area (Å²) in [6.45, 7) is 6.98. The molecular formula is C16H28BrNO2S. The van der Waals surface area contributed by atoms with Crippen LogP contribution < -0.4 is 5.32 Å². The van der Waals surface area contributed by atoms with E-state index in [4.69, 9.17) is 4.74 Å². The topological polar surface area (TPSA) is 41.5 Å². The van der Waals surface area contributed by atoms with Gasteiger partial charge in [0.2, 0.25) is 0 Å². The number of aliphatic hydroxyl groups is 1. The van der Waals surface area contributed by atoms with Gasteiger partial charge in [-0.3, -0.25) is 0 Å². The van der Waals surface area contributed by atoms with Crippen LogP contribution >= 0.6 is 27.3 Å². The second-order valence-electron chi connectivity index (χ2n) is 5.44. The number of halogens is 1. The van der Waals surface area contributed by atoms with Gasteiger partial charge in [-0.25, -0.2) is 0 Å². The Balaban J connectivity index is 2.06. The molecule has 0 spiro atoms. The summed E-state index contributed by atoms with van der Waals surface area (Å²) < 4.78 is 6.80. The van der Waals surface area contributed by atoms with E-state index in [-0.39, 0.29) is 0 Å². The minimum Gasteiger partial charge on any atom is -0.389 e. The first-order valence-corrected chi connectivity index (χ1v) is 9.47. The molecule has 0 saturated heterocycles. The van der Waals surface area contributed by atoms with E-state index in [9.17, 15) is 5.11 Å². The van der Waals surface area contributed by atoms with Crippen LogP contribution in [0.4, 0.5) is 0 Å². The largest absolute Gasteiger partial charge is 0.389 e. The lowest BCUT2D eigenvalue weighted by atomic mass is 10.0. The maximum absolute atomic E-state index is 9.90. The lowest BCUT2D eigenvalue weighted by molar-refractivity contribution is 0.0193. The highest BCUT2D eigenvalue weighted by Gasteiger charge is 2.09. The number of ether oxygens (including phenoxy) is 1. The van der Waals surface area contributed by atoms with Gasteiger partial charge >= 0.3 is 0 Å². The summed E-state index contributed by atoms with van der Waals surface area (Å²) in [6.07, 6.45) is 4.46. The van der Waals surface area contributed by atoms with Gasteiger partial charge < -0.3 is 15.2 Å². The molecule has 0 aliphatic heterocycles. The normalized spacial score (nSPS) is 14.3. The molecule has 1 aromatic rings. The Morgan fingerprint density at radius 3 is 2.76 bits per heavy atom. The fourth-order valence-electron chi connectivity index (χ4n) is 2.14. The Morgan fingerprint density at radius 1 is 1.33 bits per heavy atom. The number of rotatable bonds is 12. The molecular weight excluding hydrogens is 350 g/mol. The third-order valence-corrected chi connectivity index (χ3v) is 5.14. The molecule has 2 atom stereocenters. The zero-order chi connectivity index (χ0) is 15.5. The number of nitrogens with one attached hydrogen (secondary N) is 1. The number of unbranched alkanes of at least 4 members (excludes halogenated alkanes) is 1.